The Hall–Kier alpha value is -1.42. The molecule has 0 saturated heterocycles. The number of hydrogen-bond acceptors (Lipinski definition) is 3. The van der Waals surface area contributed by atoms with Gasteiger partial charge in [0.1, 0.15) is 0 Å². The molecule has 0 bridgehead atoms. The van der Waals surface area contributed by atoms with E-state index in [0.717, 1.165) is 17.0 Å². The minimum atomic E-state index is -0.416. The molecule has 0 aliphatic heterocycles. The first kappa shape index (κ1) is 13.6. The van der Waals surface area contributed by atoms with E-state index in [0.29, 0.717) is 0 Å². The van der Waals surface area contributed by atoms with Crippen LogP contribution in [0.15, 0.2) is 18.2 Å². The summed E-state index contributed by atoms with van der Waals surface area (Å²) in [5, 5.41) is 20.0. The topological polar surface area (TPSA) is 63.4 Å². The van der Waals surface area contributed by atoms with E-state index in [9.17, 15) is 15.2 Å². The lowest BCUT2D eigenvalue weighted by molar-refractivity contribution is -0.384. The zero-order chi connectivity index (χ0) is 13.2. The minimum Gasteiger partial charge on any atom is -0.395 e. The Morgan fingerprint density at radius 3 is 2.41 bits per heavy atom. The van der Waals surface area contributed by atoms with Gasteiger partial charge < -0.3 is 5.11 Å². The lowest BCUT2D eigenvalue weighted by Crippen LogP contribution is -2.17. The van der Waals surface area contributed by atoms with Crippen LogP contribution >= 0.6 is 0 Å². The molecule has 0 amide bonds. The molecular weight excluding hydrogens is 218 g/mol. The van der Waals surface area contributed by atoms with Gasteiger partial charge in [0.15, 0.2) is 0 Å². The Kier molecular flexibility index (Phi) is 3.88. The van der Waals surface area contributed by atoms with Crippen LogP contribution in [0, 0.1) is 16.0 Å². The van der Waals surface area contributed by atoms with Crippen LogP contribution in [0.3, 0.4) is 0 Å². The van der Waals surface area contributed by atoms with Crippen LogP contribution in [0.25, 0.3) is 0 Å². The molecule has 0 unspecified atom stereocenters. The van der Waals surface area contributed by atoms with Crippen molar-refractivity contribution in [3.8, 4) is 0 Å². The van der Waals surface area contributed by atoms with Gasteiger partial charge in [0.25, 0.3) is 5.69 Å². The van der Waals surface area contributed by atoms with E-state index in [1.165, 1.54) is 12.1 Å². The highest BCUT2D eigenvalue weighted by atomic mass is 16.6. The molecule has 17 heavy (non-hydrogen) atoms. The molecule has 0 fully saturated rings. The molecule has 0 heterocycles. The number of nitro groups is 1. The first-order valence-electron chi connectivity index (χ1n) is 5.50. The summed E-state index contributed by atoms with van der Waals surface area (Å²) < 4.78 is 0. The second kappa shape index (κ2) is 4.84. The van der Waals surface area contributed by atoms with Crippen LogP contribution in [0.5, 0.6) is 0 Å². The average Bonchev–Trinajstić information content (AvgIpc) is 2.25. The monoisotopic (exact) mass is 236 g/mol. The Morgan fingerprint density at radius 2 is 2.00 bits per heavy atom. The highest BCUT2D eigenvalue weighted by Crippen LogP contribution is 2.32. The number of non-ortho nitro benzene ring substituents is 1. The van der Waals surface area contributed by atoms with E-state index in [1.54, 1.807) is 13.0 Å². The van der Waals surface area contributed by atoms with Crippen molar-refractivity contribution in [2.75, 3.05) is 6.61 Å². The summed E-state index contributed by atoms with van der Waals surface area (Å²) in [5.74, 6) is 0.749. The highest BCUT2D eigenvalue weighted by Gasteiger charge is 2.23. The van der Waals surface area contributed by atoms with Crippen LogP contribution in [-0.2, 0) is 5.41 Å². The normalized spacial score (nSPS) is 11.9. The van der Waals surface area contributed by atoms with Crippen LogP contribution in [-0.4, -0.2) is 16.6 Å². The second-order valence-corrected chi connectivity index (χ2v) is 5.18. The van der Waals surface area contributed by atoms with Crippen molar-refractivity contribution in [3.05, 3.63) is 45.4 Å². The lowest BCUT2D eigenvalue weighted by Gasteiger charge is -2.24. The zero-order valence-electron chi connectivity index (χ0n) is 10.7. The molecular formula is C13H18NO3. The Labute approximate surface area is 101 Å². The summed E-state index contributed by atoms with van der Waals surface area (Å²) in [5.41, 5.74) is 1.73. The molecule has 1 radical (unpaired) electrons. The maximum atomic E-state index is 10.8. The quantitative estimate of drug-likeness (QED) is 0.648. The van der Waals surface area contributed by atoms with Crippen molar-refractivity contribution in [1.29, 1.82) is 0 Å². The molecule has 93 valence electrons. The fourth-order valence-corrected chi connectivity index (χ4v) is 1.74. The largest absolute Gasteiger partial charge is 0.395 e. The molecule has 0 aromatic heterocycles. The minimum absolute atomic E-state index is 0.0563. The van der Waals surface area contributed by atoms with E-state index in [1.807, 2.05) is 20.8 Å². The number of benzene rings is 1. The Morgan fingerprint density at radius 1 is 1.41 bits per heavy atom. The third-order valence-electron chi connectivity index (χ3n) is 2.72. The van der Waals surface area contributed by atoms with Crippen molar-refractivity contribution >= 4 is 5.69 Å². The van der Waals surface area contributed by atoms with Crippen molar-refractivity contribution < 1.29 is 10.0 Å². The summed E-state index contributed by atoms with van der Waals surface area (Å²) in [7, 11) is 0. The third-order valence-corrected chi connectivity index (χ3v) is 2.72. The van der Waals surface area contributed by atoms with Crippen molar-refractivity contribution in [3.63, 3.8) is 0 Å². The molecule has 0 atom stereocenters. The number of rotatable bonds is 3. The number of nitro benzene ring substituents is 1. The molecule has 4 heteroatoms. The van der Waals surface area contributed by atoms with Gasteiger partial charge in [-0.1, -0.05) is 33.8 Å². The number of hydrogen-bond donors (Lipinski definition) is 1. The summed E-state index contributed by atoms with van der Waals surface area (Å²) in [6.45, 7) is 7.82. The van der Waals surface area contributed by atoms with Crippen LogP contribution in [0.2, 0.25) is 0 Å². The third kappa shape index (κ3) is 3.03. The maximum Gasteiger partial charge on any atom is 0.269 e. The van der Waals surface area contributed by atoms with Gasteiger partial charge in [-0.2, -0.15) is 0 Å². The molecule has 1 N–H and O–H groups in total. The highest BCUT2D eigenvalue weighted by molar-refractivity contribution is 5.48. The average molecular weight is 236 g/mol. The van der Waals surface area contributed by atoms with Crippen LogP contribution in [0.1, 0.15) is 38.8 Å². The molecule has 0 aliphatic rings. The van der Waals surface area contributed by atoms with E-state index in [2.05, 4.69) is 0 Å². The summed E-state index contributed by atoms with van der Waals surface area (Å²) >= 11 is 0. The van der Waals surface area contributed by atoms with Gasteiger partial charge >= 0.3 is 0 Å². The molecule has 1 aromatic rings. The van der Waals surface area contributed by atoms with Gasteiger partial charge in [0.05, 0.1) is 11.5 Å². The fraction of sp³-hybridized carbons (Fsp3) is 0.462. The Bertz CT molecular complexity index is 421. The van der Waals surface area contributed by atoms with Crippen molar-refractivity contribution in [1.82, 2.24) is 0 Å². The van der Waals surface area contributed by atoms with Gasteiger partial charge in [-0.3, -0.25) is 10.1 Å². The van der Waals surface area contributed by atoms with Gasteiger partial charge in [0, 0.05) is 18.1 Å². The molecule has 0 saturated carbocycles. The van der Waals surface area contributed by atoms with Gasteiger partial charge in [0.2, 0.25) is 0 Å². The SMILES string of the molecule is C[C](CO)c1cc([N+](=O)[O-])ccc1C(C)(C)C. The van der Waals surface area contributed by atoms with Gasteiger partial charge in [-0.15, -0.1) is 0 Å². The van der Waals surface area contributed by atoms with Gasteiger partial charge in [-0.05, 0) is 16.5 Å². The van der Waals surface area contributed by atoms with E-state index in [-0.39, 0.29) is 17.7 Å². The molecule has 1 aromatic carbocycles. The predicted molar refractivity (Wildman–Crippen MR) is 66.9 cm³/mol. The smallest absolute Gasteiger partial charge is 0.269 e. The number of nitrogens with zero attached hydrogens (tertiary/aromatic N) is 1. The molecule has 4 nitrogen and oxygen atoms in total. The first-order chi connectivity index (χ1) is 7.77. The fourth-order valence-electron chi connectivity index (χ4n) is 1.74. The first-order valence-corrected chi connectivity index (χ1v) is 5.50. The van der Waals surface area contributed by atoms with E-state index in [4.69, 9.17) is 0 Å². The summed E-state index contributed by atoms with van der Waals surface area (Å²) in [4.78, 5) is 10.3. The van der Waals surface area contributed by atoms with Crippen molar-refractivity contribution in [2.45, 2.75) is 33.1 Å². The Balaban J connectivity index is 3.37. The molecule has 0 spiro atoms. The van der Waals surface area contributed by atoms with Crippen LogP contribution in [0.4, 0.5) is 5.69 Å². The maximum absolute atomic E-state index is 10.8. The van der Waals surface area contributed by atoms with E-state index < -0.39 is 4.92 Å². The predicted octanol–water partition coefficient (Wildman–Crippen LogP) is 2.83. The summed E-state index contributed by atoms with van der Waals surface area (Å²) in [6.07, 6.45) is 0. The van der Waals surface area contributed by atoms with Crippen LogP contribution < -0.4 is 0 Å². The standard InChI is InChI=1S/C13H18NO3/c1-9(8-15)11-7-10(14(16)17)5-6-12(11)13(2,3)4/h5-7,15H,8H2,1-4H3. The van der Waals surface area contributed by atoms with Crippen molar-refractivity contribution in [2.24, 2.45) is 0 Å². The zero-order valence-corrected chi connectivity index (χ0v) is 10.7. The number of aliphatic hydroxyl groups is 1. The lowest BCUT2D eigenvalue weighted by atomic mass is 9.80. The molecule has 0 aliphatic carbocycles. The van der Waals surface area contributed by atoms with E-state index >= 15 is 0 Å². The summed E-state index contributed by atoms with van der Waals surface area (Å²) in [6, 6.07) is 4.81. The molecule has 1 rings (SSSR count). The number of aliphatic hydroxyl groups excluding tert-OH is 1. The second-order valence-electron chi connectivity index (χ2n) is 5.18. The van der Waals surface area contributed by atoms with Gasteiger partial charge in [-0.25, -0.2) is 0 Å².